The lowest BCUT2D eigenvalue weighted by Gasteiger charge is -2.10. The van der Waals surface area contributed by atoms with Crippen molar-refractivity contribution >= 4 is 33.3 Å². The number of rotatable bonds is 2. The number of nitrogens with one attached hydrogen (secondary N) is 2. The topological polar surface area (TPSA) is 41.1 Å². The van der Waals surface area contributed by atoms with Crippen LogP contribution in [0.15, 0.2) is 40.9 Å². The molecule has 2 N–H and O–H groups in total. The Bertz CT molecular complexity index is 662. The second kappa shape index (κ2) is 6.00. The molecule has 0 bridgehead atoms. The molecule has 104 valence electrons. The summed E-state index contributed by atoms with van der Waals surface area (Å²) in [6.07, 6.45) is 0. The van der Waals surface area contributed by atoms with Crippen molar-refractivity contribution in [1.82, 2.24) is 0 Å². The number of urea groups is 1. The Labute approximate surface area is 123 Å². The van der Waals surface area contributed by atoms with Gasteiger partial charge in [-0.15, -0.1) is 0 Å². The number of halogens is 3. The van der Waals surface area contributed by atoms with Crippen LogP contribution >= 0.6 is 15.9 Å². The van der Waals surface area contributed by atoms with Gasteiger partial charge in [0.25, 0.3) is 0 Å². The smallest absolute Gasteiger partial charge is 0.307 e. The summed E-state index contributed by atoms with van der Waals surface area (Å²) in [6.45, 7) is 1.83. The summed E-state index contributed by atoms with van der Waals surface area (Å²) in [5.41, 5.74) is 1.37. The fourth-order valence-corrected chi connectivity index (χ4v) is 1.96. The predicted molar refractivity (Wildman–Crippen MR) is 77.9 cm³/mol. The lowest BCUT2D eigenvalue weighted by atomic mass is 10.2. The first kappa shape index (κ1) is 14.5. The molecular formula is C14H11BrF2N2O. The van der Waals surface area contributed by atoms with Gasteiger partial charge in [-0.2, -0.15) is 0 Å². The molecule has 6 heteroatoms. The van der Waals surface area contributed by atoms with Crippen LogP contribution in [0.25, 0.3) is 0 Å². The van der Waals surface area contributed by atoms with E-state index in [0.717, 1.165) is 22.2 Å². The average molecular weight is 341 g/mol. The van der Waals surface area contributed by atoms with Gasteiger partial charge in [-0.1, -0.05) is 22.0 Å². The van der Waals surface area contributed by atoms with Gasteiger partial charge in [0.05, 0.1) is 5.69 Å². The molecule has 2 rings (SSSR count). The molecule has 0 aliphatic heterocycles. The van der Waals surface area contributed by atoms with Gasteiger partial charge < -0.3 is 10.6 Å². The van der Waals surface area contributed by atoms with Gasteiger partial charge >= 0.3 is 6.03 Å². The predicted octanol–water partition coefficient (Wildman–Crippen LogP) is 4.68. The Morgan fingerprint density at radius 1 is 1.05 bits per heavy atom. The molecule has 0 radical (unpaired) electrons. The molecular weight excluding hydrogens is 330 g/mol. The molecule has 0 unspecified atom stereocenters. The third kappa shape index (κ3) is 3.54. The van der Waals surface area contributed by atoms with Gasteiger partial charge in [-0.3, -0.25) is 0 Å². The molecule has 2 amide bonds. The van der Waals surface area contributed by atoms with Crippen molar-refractivity contribution in [2.75, 3.05) is 10.6 Å². The first-order valence-corrected chi connectivity index (χ1v) is 6.54. The number of anilines is 2. The third-order valence-electron chi connectivity index (χ3n) is 2.63. The number of hydrogen-bond acceptors (Lipinski definition) is 1. The van der Waals surface area contributed by atoms with Crippen molar-refractivity contribution in [1.29, 1.82) is 0 Å². The van der Waals surface area contributed by atoms with Crippen LogP contribution in [0.3, 0.4) is 0 Å². The fourth-order valence-electron chi connectivity index (χ4n) is 1.60. The van der Waals surface area contributed by atoms with Crippen molar-refractivity contribution in [2.24, 2.45) is 0 Å². The summed E-state index contributed by atoms with van der Waals surface area (Å²) in [6, 6.07) is 7.75. The highest BCUT2D eigenvalue weighted by molar-refractivity contribution is 9.10. The quantitative estimate of drug-likeness (QED) is 0.818. The number of aryl methyl sites for hydroxylation is 1. The summed E-state index contributed by atoms with van der Waals surface area (Å²) in [5, 5.41) is 4.93. The second-order valence-electron chi connectivity index (χ2n) is 4.16. The van der Waals surface area contributed by atoms with E-state index in [0.29, 0.717) is 11.8 Å². The van der Waals surface area contributed by atoms with Crippen LogP contribution in [-0.4, -0.2) is 6.03 Å². The molecule has 0 heterocycles. The second-order valence-corrected chi connectivity index (χ2v) is 5.08. The molecule has 0 aromatic heterocycles. The zero-order valence-corrected chi connectivity index (χ0v) is 12.1. The zero-order valence-electron chi connectivity index (χ0n) is 10.5. The van der Waals surface area contributed by atoms with Crippen molar-refractivity contribution < 1.29 is 13.6 Å². The van der Waals surface area contributed by atoms with E-state index in [1.807, 2.05) is 19.1 Å². The summed E-state index contributed by atoms with van der Waals surface area (Å²) in [5.74, 6) is -1.53. The Balaban J connectivity index is 2.11. The standard InChI is InChI=1S/C14H11BrF2N2O/c1-8-2-3-9(15)6-13(8)19-14(20)18-12-5-4-10(16)7-11(12)17/h2-7H,1H3,(H2,18,19,20). The van der Waals surface area contributed by atoms with Gasteiger partial charge in [-0.25, -0.2) is 13.6 Å². The normalized spacial score (nSPS) is 10.2. The minimum absolute atomic E-state index is 0.0865. The van der Waals surface area contributed by atoms with Crippen LogP contribution in [-0.2, 0) is 0 Å². The van der Waals surface area contributed by atoms with Gasteiger partial charge in [0.15, 0.2) is 0 Å². The lowest BCUT2D eigenvalue weighted by Crippen LogP contribution is -2.20. The molecule has 20 heavy (non-hydrogen) atoms. The van der Waals surface area contributed by atoms with Gasteiger partial charge in [0.1, 0.15) is 11.6 Å². The molecule has 0 fully saturated rings. The Hall–Kier alpha value is -1.95. The molecule has 2 aromatic rings. The highest BCUT2D eigenvalue weighted by atomic mass is 79.9. The monoisotopic (exact) mass is 340 g/mol. The van der Waals surface area contributed by atoms with Gasteiger partial charge in [-0.05, 0) is 36.8 Å². The van der Waals surface area contributed by atoms with Crippen LogP contribution in [0, 0.1) is 18.6 Å². The Kier molecular flexibility index (Phi) is 4.34. The maximum atomic E-state index is 13.4. The molecule has 2 aromatic carbocycles. The number of amides is 2. The molecule has 3 nitrogen and oxygen atoms in total. The van der Waals surface area contributed by atoms with E-state index in [-0.39, 0.29) is 5.69 Å². The van der Waals surface area contributed by atoms with E-state index >= 15 is 0 Å². The third-order valence-corrected chi connectivity index (χ3v) is 3.12. The Morgan fingerprint density at radius 2 is 1.75 bits per heavy atom. The van der Waals surface area contributed by atoms with E-state index in [4.69, 9.17) is 0 Å². The van der Waals surface area contributed by atoms with Gasteiger partial charge in [0, 0.05) is 16.2 Å². The molecule has 0 saturated carbocycles. The molecule has 0 saturated heterocycles. The largest absolute Gasteiger partial charge is 0.323 e. The van der Waals surface area contributed by atoms with Crippen LogP contribution in [0.1, 0.15) is 5.56 Å². The average Bonchev–Trinajstić information content (AvgIpc) is 2.37. The number of carbonyl (C=O) groups is 1. The molecule has 0 atom stereocenters. The van der Waals surface area contributed by atoms with E-state index in [1.165, 1.54) is 0 Å². The summed E-state index contributed by atoms with van der Waals surface area (Å²) in [7, 11) is 0. The maximum Gasteiger partial charge on any atom is 0.323 e. The SMILES string of the molecule is Cc1ccc(Br)cc1NC(=O)Nc1ccc(F)cc1F. The van der Waals surface area contributed by atoms with E-state index < -0.39 is 17.7 Å². The minimum atomic E-state index is -0.828. The van der Waals surface area contributed by atoms with Crippen molar-refractivity contribution in [3.05, 3.63) is 58.1 Å². The Morgan fingerprint density at radius 3 is 2.45 bits per heavy atom. The fraction of sp³-hybridized carbons (Fsp3) is 0.0714. The van der Waals surface area contributed by atoms with Gasteiger partial charge in [0.2, 0.25) is 0 Å². The number of hydrogen-bond donors (Lipinski definition) is 2. The van der Waals surface area contributed by atoms with E-state index in [2.05, 4.69) is 26.6 Å². The highest BCUT2D eigenvalue weighted by Gasteiger charge is 2.09. The highest BCUT2D eigenvalue weighted by Crippen LogP contribution is 2.21. The van der Waals surface area contributed by atoms with E-state index in [9.17, 15) is 13.6 Å². The summed E-state index contributed by atoms with van der Waals surface area (Å²) < 4.78 is 27.0. The van der Waals surface area contributed by atoms with Crippen LogP contribution in [0.4, 0.5) is 25.0 Å². The van der Waals surface area contributed by atoms with Crippen molar-refractivity contribution in [2.45, 2.75) is 6.92 Å². The van der Waals surface area contributed by atoms with Crippen LogP contribution < -0.4 is 10.6 Å². The minimum Gasteiger partial charge on any atom is -0.307 e. The van der Waals surface area contributed by atoms with Crippen LogP contribution in [0.2, 0.25) is 0 Å². The first-order chi connectivity index (χ1) is 9.45. The summed E-state index contributed by atoms with van der Waals surface area (Å²) in [4.78, 5) is 11.8. The zero-order chi connectivity index (χ0) is 14.7. The van der Waals surface area contributed by atoms with Crippen LogP contribution in [0.5, 0.6) is 0 Å². The number of carbonyl (C=O) groups excluding carboxylic acids is 1. The molecule has 0 spiro atoms. The first-order valence-electron chi connectivity index (χ1n) is 5.75. The lowest BCUT2D eigenvalue weighted by molar-refractivity contribution is 0.262. The number of benzene rings is 2. The van der Waals surface area contributed by atoms with Crippen molar-refractivity contribution in [3.8, 4) is 0 Å². The van der Waals surface area contributed by atoms with Crippen molar-refractivity contribution in [3.63, 3.8) is 0 Å². The molecule has 0 aliphatic carbocycles. The molecule has 0 aliphatic rings. The summed E-state index contributed by atoms with van der Waals surface area (Å²) >= 11 is 3.30. The maximum absolute atomic E-state index is 13.4. The van der Waals surface area contributed by atoms with E-state index in [1.54, 1.807) is 6.07 Å².